The first-order valence-corrected chi connectivity index (χ1v) is 10.4. The summed E-state index contributed by atoms with van der Waals surface area (Å²) in [7, 11) is 0. The summed E-state index contributed by atoms with van der Waals surface area (Å²) in [4.78, 5) is 23.4. The van der Waals surface area contributed by atoms with Gasteiger partial charge in [0, 0.05) is 18.4 Å². The lowest BCUT2D eigenvalue weighted by Gasteiger charge is -2.18. The molecule has 0 aliphatic heterocycles. The summed E-state index contributed by atoms with van der Waals surface area (Å²) < 4.78 is 4.82. The van der Waals surface area contributed by atoms with Crippen LogP contribution in [-0.4, -0.2) is 40.8 Å². The molecule has 154 valence electrons. The summed E-state index contributed by atoms with van der Waals surface area (Å²) in [6.07, 6.45) is 13.1. The summed E-state index contributed by atoms with van der Waals surface area (Å²) >= 11 is 0. The monoisotopic (exact) mass is 380 g/mol. The second-order valence-electron chi connectivity index (χ2n) is 7.31. The van der Waals surface area contributed by atoms with Gasteiger partial charge in [0.15, 0.2) is 0 Å². The molecule has 4 atom stereocenters. The molecule has 27 heavy (non-hydrogen) atoms. The summed E-state index contributed by atoms with van der Waals surface area (Å²) in [5.74, 6) is -0.634. The smallest absolute Gasteiger partial charge is 0.330 e. The van der Waals surface area contributed by atoms with Crippen molar-refractivity contribution in [1.82, 2.24) is 0 Å². The van der Waals surface area contributed by atoms with Crippen molar-refractivity contribution in [2.75, 3.05) is 6.61 Å². The van der Waals surface area contributed by atoms with Gasteiger partial charge in [-0.3, -0.25) is 4.79 Å². The fourth-order valence-electron chi connectivity index (χ4n) is 3.55. The van der Waals surface area contributed by atoms with E-state index in [9.17, 15) is 19.8 Å². The minimum Gasteiger partial charge on any atom is -0.463 e. The van der Waals surface area contributed by atoms with Gasteiger partial charge in [0.25, 0.3) is 0 Å². The first-order valence-electron chi connectivity index (χ1n) is 10.4. The van der Waals surface area contributed by atoms with Gasteiger partial charge in [-0.15, -0.1) is 0 Å². The van der Waals surface area contributed by atoms with Gasteiger partial charge in [0.05, 0.1) is 18.8 Å². The number of rotatable bonds is 13. The SMILES string of the molecule is CCCCC[C@H](O)C=C[C@H]1C(=O)C[C@H](O)[C@@H]1CCCCC=CC(=O)OCC. The summed E-state index contributed by atoms with van der Waals surface area (Å²) in [6, 6.07) is 0. The van der Waals surface area contributed by atoms with Crippen LogP contribution in [-0.2, 0) is 14.3 Å². The number of carbonyl (C=O) groups excluding carboxylic acids is 2. The van der Waals surface area contributed by atoms with Crippen LogP contribution in [0.1, 0.15) is 71.6 Å². The van der Waals surface area contributed by atoms with Crippen LogP contribution < -0.4 is 0 Å². The molecule has 0 aromatic rings. The van der Waals surface area contributed by atoms with Crippen molar-refractivity contribution >= 4 is 11.8 Å². The molecular weight excluding hydrogens is 344 g/mol. The number of hydrogen-bond donors (Lipinski definition) is 2. The average Bonchev–Trinajstić information content (AvgIpc) is 2.89. The molecule has 0 heterocycles. The largest absolute Gasteiger partial charge is 0.463 e. The van der Waals surface area contributed by atoms with E-state index in [1.807, 2.05) is 0 Å². The number of ether oxygens (including phenoxy) is 1. The molecule has 5 heteroatoms. The molecule has 2 N–H and O–H groups in total. The molecule has 0 aromatic heterocycles. The summed E-state index contributed by atoms with van der Waals surface area (Å²) in [6.45, 7) is 4.27. The molecule has 1 saturated carbocycles. The highest BCUT2D eigenvalue weighted by atomic mass is 16.5. The van der Waals surface area contributed by atoms with Gasteiger partial charge >= 0.3 is 5.97 Å². The molecule has 0 saturated heterocycles. The molecule has 5 nitrogen and oxygen atoms in total. The minimum atomic E-state index is -0.598. The van der Waals surface area contributed by atoms with E-state index in [0.29, 0.717) is 13.0 Å². The van der Waals surface area contributed by atoms with Crippen molar-refractivity contribution in [3.63, 3.8) is 0 Å². The normalized spacial score (nSPS) is 24.1. The van der Waals surface area contributed by atoms with Gasteiger partial charge < -0.3 is 14.9 Å². The Hall–Kier alpha value is -1.46. The van der Waals surface area contributed by atoms with E-state index in [1.54, 1.807) is 25.2 Å². The average molecular weight is 381 g/mol. The number of carbonyl (C=O) groups is 2. The van der Waals surface area contributed by atoms with Crippen LogP contribution in [0.3, 0.4) is 0 Å². The molecule has 1 aliphatic carbocycles. The zero-order valence-electron chi connectivity index (χ0n) is 16.8. The maximum Gasteiger partial charge on any atom is 0.330 e. The fraction of sp³-hybridized carbons (Fsp3) is 0.727. The molecule has 0 bridgehead atoms. The lowest BCUT2D eigenvalue weighted by Crippen LogP contribution is -2.19. The van der Waals surface area contributed by atoms with Crippen LogP contribution in [0.4, 0.5) is 0 Å². The van der Waals surface area contributed by atoms with E-state index < -0.39 is 12.2 Å². The maximum absolute atomic E-state index is 12.2. The minimum absolute atomic E-state index is 0.0618. The van der Waals surface area contributed by atoms with Gasteiger partial charge in [-0.2, -0.15) is 0 Å². The van der Waals surface area contributed by atoms with Gasteiger partial charge in [0.1, 0.15) is 5.78 Å². The number of hydrogen-bond acceptors (Lipinski definition) is 5. The Morgan fingerprint density at radius 3 is 2.74 bits per heavy atom. The van der Waals surface area contributed by atoms with Gasteiger partial charge in [-0.05, 0) is 38.5 Å². The lowest BCUT2D eigenvalue weighted by molar-refractivity contribution is -0.137. The van der Waals surface area contributed by atoms with Crippen LogP contribution in [0.2, 0.25) is 0 Å². The second kappa shape index (κ2) is 13.7. The van der Waals surface area contributed by atoms with Crippen LogP contribution in [0.25, 0.3) is 0 Å². The molecule has 0 aromatic carbocycles. The van der Waals surface area contributed by atoms with Crippen LogP contribution in [0.15, 0.2) is 24.3 Å². The zero-order valence-corrected chi connectivity index (χ0v) is 16.8. The fourth-order valence-corrected chi connectivity index (χ4v) is 3.55. The number of Topliss-reactive ketones (excluding diaryl/α,β-unsaturated/α-hetero) is 1. The zero-order chi connectivity index (χ0) is 20.1. The Bertz CT molecular complexity index is 497. The summed E-state index contributed by atoms with van der Waals surface area (Å²) in [5.41, 5.74) is 0. The molecule has 1 rings (SSSR count). The number of aliphatic hydroxyl groups is 2. The predicted octanol–water partition coefficient (Wildman–Crippen LogP) is 3.73. The molecule has 1 fully saturated rings. The Balaban J connectivity index is 2.40. The van der Waals surface area contributed by atoms with E-state index in [0.717, 1.165) is 44.9 Å². The Labute approximate surface area is 163 Å². The molecule has 0 radical (unpaired) electrons. The summed E-state index contributed by atoms with van der Waals surface area (Å²) in [5, 5.41) is 20.2. The van der Waals surface area contributed by atoms with E-state index in [4.69, 9.17) is 4.74 Å². The van der Waals surface area contributed by atoms with E-state index in [1.165, 1.54) is 6.08 Å². The number of aliphatic hydroxyl groups excluding tert-OH is 2. The van der Waals surface area contributed by atoms with Crippen molar-refractivity contribution in [3.05, 3.63) is 24.3 Å². The highest BCUT2D eigenvalue weighted by molar-refractivity contribution is 5.86. The highest BCUT2D eigenvalue weighted by Crippen LogP contribution is 2.34. The molecule has 0 unspecified atom stereocenters. The Kier molecular flexibility index (Phi) is 11.9. The molecule has 0 spiro atoms. The third-order valence-electron chi connectivity index (χ3n) is 5.08. The maximum atomic E-state index is 12.2. The topological polar surface area (TPSA) is 83.8 Å². The van der Waals surface area contributed by atoms with Gasteiger partial charge in [0.2, 0.25) is 0 Å². The van der Waals surface area contributed by atoms with Gasteiger partial charge in [-0.25, -0.2) is 4.79 Å². The first kappa shape index (κ1) is 23.6. The highest BCUT2D eigenvalue weighted by Gasteiger charge is 2.39. The lowest BCUT2D eigenvalue weighted by atomic mass is 9.88. The third-order valence-corrected chi connectivity index (χ3v) is 5.08. The molecular formula is C22H36O5. The van der Waals surface area contributed by atoms with Gasteiger partial charge in [-0.1, -0.05) is 50.8 Å². The van der Waals surface area contributed by atoms with Crippen LogP contribution in [0, 0.1) is 11.8 Å². The van der Waals surface area contributed by atoms with E-state index in [-0.39, 0.29) is 30.0 Å². The molecule has 1 aliphatic rings. The van der Waals surface area contributed by atoms with Crippen molar-refractivity contribution < 1.29 is 24.5 Å². The van der Waals surface area contributed by atoms with Crippen molar-refractivity contribution in [1.29, 1.82) is 0 Å². The molecule has 0 amide bonds. The van der Waals surface area contributed by atoms with E-state index in [2.05, 4.69) is 6.92 Å². The number of unbranched alkanes of at least 4 members (excludes halogenated alkanes) is 4. The van der Waals surface area contributed by atoms with Crippen molar-refractivity contribution in [2.45, 2.75) is 83.8 Å². The van der Waals surface area contributed by atoms with E-state index >= 15 is 0 Å². The van der Waals surface area contributed by atoms with Crippen molar-refractivity contribution in [2.24, 2.45) is 11.8 Å². The standard InChI is InChI=1S/C22H36O5/c1-3-5-8-11-17(23)14-15-19-18(20(24)16-21(19)25)12-9-6-7-10-13-22(26)27-4-2/h10,13-15,17-20,23-24H,3-9,11-12,16H2,1-2H3/t17-,18+,19+,20-/m0/s1. The Morgan fingerprint density at radius 1 is 1.26 bits per heavy atom. The predicted molar refractivity (Wildman–Crippen MR) is 106 cm³/mol. The van der Waals surface area contributed by atoms with Crippen LogP contribution in [0.5, 0.6) is 0 Å². The first-order chi connectivity index (χ1) is 13.0. The number of allylic oxidation sites excluding steroid dienone is 2. The van der Waals surface area contributed by atoms with Crippen LogP contribution >= 0.6 is 0 Å². The Morgan fingerprint density at radius 2 is 2.04 bits per heavy atom. The number of ketones is 1. The quantitative estimate of drug-likeness (QED) is 0.220. The second-order valence-corrected chi connectivity index (χ2v) is 7.31. The van der Waals surface area contributed by atoms with Crippen molar-refractivity contribution in [3.8, 4) is 0 Å². The number of esters is 1. The third kappa shape index (κ3) is 9.34.